The van der Waals surface area contributed by atoms with E-state index in [1.807, 2.05) is 0 Å². The Morgan fingerprint density at radius 3 is 2.33 bits per heavy atom. The van der Waals surface area contributed by atoms with E-state index in [1.165, 1.54) is 24.3 Å². The van der Waals surface area contributed by atoms with Crippen molar-refractivity contribution in [2.45, 2.75) is 18.7 Å². The number of ether oxygens (including phenoxy) is 1. The summed E-state index contributed by atoms with van der Waals surface area (Å²) >= 11 is 0. The zero-order valence-electron chi connectivity index (χ0n) is 9.05. The van der Waals surface area contributed by atoms with Crippen LogP contribution in [-0.2, 0) is 0 Å². The van der Waals surface area contributed by atoms with E-state index in [-0.39, 0.29) is 18.0 Å². The Hall–Kier alpha value is -1.83. The number of hydrogen-bond donors (Lipinski definition) is 1. The molecule has 1 aromatic carbocycles. The lowest BCUT2D eigenvalue weighted by atomic mass is 10.2. The van der Waals surface area contributed by atoms with Crippen molar-refractivity contribution in [3.8, 4) is 5.75 Å². The normalized spacial score (nSPS) is 13.1. The molecule has 1 N–H and O–H groups in total. The summed E-state index contributed by atoms with van der Waals surface area (Å²) in [5, 5.41) is 19.0. The molecule has 0 saturated heterocycles. The topological polar surface area (TPSA) is 72.6 Å². The molecule has 0 spiro atoms. The minimum absolute atomic E-state index is 0.141. The molecular formula is C10H10F3NO4. The van der Waals surface area contributed by atoms with Crippen LogP contribution in [-0.4, -0.2) is 28.9 Å². The minimum atomic E-state index is -4.67. The fourth-order valence-corrected chi connectivity index (χ4v) is 1.12. The second-order valence-corrected chi connectivity index (χ2v) is 3.45. The van der Waals surface area contributed by atoms with Crippen molar-refractivity contribution in [1.29, 1.82) is 0 Å². The van der Waals surface area contributed by atoms with Crippen LogP contribution >= 0.6 is 0 Å². The van der Waals surface area contributed by atoms with Crippen LogP contribution in [0.3, 0.4) is 0 Å². The molecule has 8 heteroatoms. The maximum atomic E-state index is 11.9. The van der Waals surface area contributed by atoms with Gasteiger partial charge in [-0.05, 0) is 12.1 Å². The van der Waals surface area contributed by atoms with Crippen molar-refractivity contribution in [3.05, 3.63) is 34.4 Å². The number of nitro groups is 1. The van der Waals surface area contributed by atoms with Gasteiger partial charge in [-0.3, -0.25) is 10.1 Å². The van der Waals surface area contributed by atoms with E-state index in [0.29, 0.717) is 0 Å². The SMILES string of the molecule is O=[N+]([O-])c1ccc(OCCC(O)C(F)(F)F)cc1. The first kappa shape index (κ1) is 14.2. The molecule has 100 valence electrons. The predicted octanol–water partition coefficient (Wildman–Crippen LogP) is 2.29. The van der Waals surface area contributed by atoms with E-state index in [2.05, 4.69) is 0 Å². The van der Waals surface area contributed by atoms with Crippen molar-refractivity contribution < 1.29 is 27.9 Å². The average molecular weight is 265 g/mol. The molecule has 0 amide bonds. The Labute approximate surface area is 99.9 Å². The van der Waals surface area contributed by atoms with Gasteiger partial charge in [0.05, 0.1) is 11.5 Å². The van der Waals surface area contributed by atoms with Crippen LogP contribution in [0.25, 0.3) is 0 Å². The van der Waals surface area contributed by atoms with Crippen molar-refractivity contribution in [3.63, 3.8) is 0 Å². The molecular weight excluding hydrogens is 255 g/mol. The van der Waals surface area contributed by atoms with Gasteiger partial charge in [0, 0.05) is 18.6 Å². The van der Waals surface area contributed by atoms with Gasteiger partial charge < -0.3 is 9.84 Å². The maximum absolute atomic E-state index is 11.9. The third kappa shape index (κ3) is 4.21. The number of non-ortho nitro benzene ring substituents is 1. The average Bonchev–Trinajstić information content (AvgIpc) is 2.28. The summed E-state index contributed by atoms with van der Waals surface area (Å²) in [7, 11) is 0. The maximum Gasteiger partial charge on any atom is 0.414 e. The Bertz CT molecular complexity index is 405. The number of nitro benzene ring substituents is 1. The molecule has 5 nitrogen and oxygen atoms in total. The van der Waals surface area contributed by atoms with E-state index >= 15 is 0 Å². The molecule has 0 aliphatic rings. The lowest BCUT2D eigenvalue weighted by molar-refractivity contribution is -0.384. The molecule has 18 heavy (non-hydrogen) atoms. The van der Waals surface area contributed by atoms with Gasteiger partial charge in [-0.2, -0.15) is 13.2 Å². The second-order valence-electron chi connectivity index (χ2n) is 3.45. The molecule has 0 fully saturated rings. The van der Waals surface area contributed by atoms with Gasteiger partial charge in [-0.25, -0.2) is 0 Å². The van der Waals surface area contributed by atoms with Gasteiger partial charge in [0.2, 0.25) is 0 Å². The zero-order valence-corrected chi connectivity index (χ0v) is 9.05. The molecule has 0 heterocycles. The van der Waals surface area contributed by atoms with E-state index in [1.54, 1.807) is 0 Å². The van der Waals surface area contributed by atoms with Gasteiger partial charge in [0.1, 0.15) is 5.75 Å². The molecule has 0 saturated carbocycles. The van der Waals surface area contributed by atoms with Crippen LogP contribution in [0, 0.1) is 10.1 Å². The molecule has 0 aromatic heterocycles. The smallest absolute Gasteiger partial charge is 0.414 e. The number of nitrogens with zero attached hydrogens (tertiary/aromatic N) is 1. The molecule has 0 aliphatic heterocycles. The van der Waals surface area contributed by atoms with Crippen LogP contribution in [0.1, 0.15) is 6.42 Å². The fraction of sp³-hybridized carbons (Fsp3) is 0.400. The molecule has 1 rings (SSSR count). The van der Waals surface area contributed by atoms with E-state index in [4.69, 9.17) is 9.84 Å². The fourth-order valence-electron chi connectivity index (χ4n) is 1.12. The van der Waals surface area contributed by atoms with E-state index < -0.39 is 23.6 Å². The quantitative estimate of drug-likeness (QED) is 0.654. The van der Waals surface area contributed by atoms with Crippen LogP contribution in [0.2, 0.25) is 0 Å². The zero-order chi connectivity index (χ0) is 13.8. The Morgan fingerprint density at radius 2 is 1.89 bits per heavy atom. The van der Waals surface area contributed by atoms with E-state index in [0.717, 1.165) is 0 Å². The summed E-state index contributed by atoms with van der Waals surface area (Å²) < 4.78 is 40.7. The number of halogens is 3. The van der Waals surface area contributed by atoms with Gasteiger partial charge in [-0.15, -0.1) is 0 Å². The Kier molecular flexibility index (Phi) is 4.49. The van der Waals surface area contributed by atoms with E-state index in [9.17, 15) is 23.3 Å². The van der Waals surface area contributed by atoms with Gasteiger partial charge >= 0.3 is 6.18 Å². The summed E-state index contributed by atoms with van der Waals surface area (Å²) in [6.45, 7) is -0.335. The largest absolute Gasteiger partial charge is 0.493 e. The first-order chi connectivity index (χ1) is 8.30. The highest BCUT2D eigenvalue weighted by Crippen LogP contribution is 2.23. The minimum Gasteiger partial charge on any atom is -0.493 e. The Balaban J connectivity index is 2.43. The molecule has 1 aromatic rings. The van der Waals surface area contributed by atoms with Crippen molar-refractivity contribution in [1.82, 2.24) is 0 Å². The predicted molar refractivity (Wildman–Crippen MR) is 55.3 cm³/mol. The molecule has 0 bridgehead atoms. The number of hydrogen-bond acceptors (Lipinski definition) is 4. The number of benzene rings is 1. The van der Waals surface area contributed by atoms with Gasteiger partial charge in [0.25, 0.3) is 5.69 Å². The highest BCUT2D eigenvalue weighted by atomic mass is 19.4. The molecule has 1 unspecified atom stereocenters. The summed E-state index contributed by atoms with van der Waals surface area (Å²) in [5.74, 6) is 0.204. The highest BCUT2D eigenvalue weighted by Gasteiger charge is 2.37. The number of rotatable bonds is 5. The lowest BCUT2D eigenvalue weighted by Crippen LogP contribution is -2.30. The molecule has 0 radical (unpaired) electrons. The number of aliphatic hydroxyl groups excluding tert-OH is 1. The summed E-state index contributed by atoms with van der Waals surface area (Å²) in [4.78, 5) is 9.73. The molecule has 1 atom stereocenters. The summed E-state index contributed by atoms with van der Waals surface area (Å²) in [6.07, 6.45) is -7.70. The van der Waals surface area contributed by atoms with Gasteiger partial charge in [0.15, 0.2) is 6.10 Å². The van der Waals surface area contributed by atoms with Crippen molar-refractivity contribution in [2.24, 2.45) is 0 Å². The van der Waals surface area contributed by atoms with Crippen LogP contribution in [0.4, 0.5) is 18.9 Å². The highest BCUT2D eigenvalue weighted by molar-refractivity contribution is 5.35. The monoisotopic (exact) mass is 265 g/mol. The number of alkyl halides is 3. The van der Waals surface area contributed by atoms with Crippen LogP contribution in [0.5, 0.6) is 5.75 Å². The summed E-state index contributed by atoms with van der Waals surface area (Å²) in [6, 6.07) is 4.90. The third-order valence-electron chi connectivity index (χ3n) is 2.09. The first-order valence-corrected chi connectivity index (χ1v) is 4.92. The van der Waals surface area contributed by atoms with Gasteiger partial charge in [-0.1, -0.05) is 0 Å². The van der Waals surface area contributed by atoms with Crippen molar-refractivity contribution in [2.75, 3.05) is 6.61 Å². The third-order valence-corrected chi connectivity index (χ3v) is 2.09. The van der Waals surface area contributed by atoms with Crippen LogP contribution < -0.4 is 4.74 Å². The molecule has 0 aliphatic carbocycles. The summed E-state index contributed by atoms with van der Waals surface area (Å²) in [5.41, 5.74) is -0.141. The lowest BCUT2D eigenvalue weighted by Gasteiger charge is -2.14. The second kappa shape index (κ2) is 5.67. The van der Waals surface area contributed by atoms with Crippen LogP contribution in [0.15, 0.2) is 24.3 Å². The Morgan fingerprint density at radius 1 is 1.33 bits per heavy atom. The first-order valence-electron chi connectivity index (χ1n) is 4.92. The standard InChI is InChI=1S/C10H10F3NO4/c11-10(12,13)9(15)5-6-18-8-3-1-7(2-4-8)14(16)17/h1-4,9,15H,5-6H2. The number of aliphatic hydroxyl groups is 1. The van der Waals surface area contributed by atoms with Crippen molar-refractivity contribution >= 4 is 5.69 Å².